The SMILES string of the molecule is COCC(=O)N1CC=C(c2cc3c(Nc4ccc5[nH]ncc5c4)ncnc3[nH]2)CC1. The Hall–Kier alpha value is -3.72. The number of benzene rings is 1. The van der Waals surface area contributed by atoms with Crippen molar-refractivity contribution in [3.8, 4) is 0 Å². The summed E-state index contributed by atoms with van der Waals surface area (Å²) in [5.74, 6) is 0.745. The van der Waals surface area contributed by atoms with Crippen LogP contribution in [0.1, 0.15) is 12.1 Å². The van der Waals surface area contributed by atoms with Gasteiger partial charge in [0, 0.05) is 37.0 Å². The second kappa shape index (κ2) is 7.60. The molecule has 0 fully saturated rings. The van der Waals surface area contributed by atoms with Gasteiger partial charge in [-0.15, -0.1) is 0 Å². The number of ether oxygens (including phenoxy) is 1. The van der Waals surface area contributed by atoms with E-state index in [2.05, 4.69) is 42.6 Å². The van der Waals surface area contributed by atoms with E-state index >= 15 is 0 Å². The van der Waals surface area contributed by atoms with Crippen molar-refractivity contribution in [2.45, 2.75) is 6.42 Å². The Morgan fingerprint density at radius 1 is 1.30 bits per heavy atom. The van der Waals surface area contributed by atoms with Gasteiger partial charge in [0.1, 0.15) is 24.4 Å². The lowest BCUT2D eigenvalue weighted by Crippen LogP contribution is -2.36. The van der Waals surface area contributed by atoms with Gasteiger partial charge in [0.25, 0.3) is 0 Å². The number of hydrogen-bond acceptors (Lipinski definition) is 6. The summed E-state index contributed by atoms with van der Waals surface area (Å²) < 4.78 is 4.94. The third kappa shape index (κ3) is 3.39. The second-order valence-electron chi connectivity index (χ2n) is 7.22. The number of aromatic nitrogens is 5. The normalized spacial score (nSPS) is 14.3. The molecule has 3 N–H and O–H groups in total. The number of fused-ring (bicyclic) bond motifs is 2. The van der Waals surface area contributed by atoms with Crippen molar-refractivity contribution in [1.82, 2.24) is 30.0 Å². The van der Waals surface area contributed by atoms with Gasteiger partial charge in [-0.25, -0.2) is 9.97 Å². The van der Waals surface area contributed by atoms with Crippen molar-refractivity contribution in [2.24, 2.45) is 0 Å². The lowest BCUT2D eigenvalue weighted by Gasteiger charge is -2.26. The molecule has 4 aromatic rings. The van der Waals surface area contributed by atoms with Crippen LogP contribution in [-0.4, -0.2) is 62.8 Å². The molecule has 4 heterocycles. The number of methoxy groups -OCH3 is 1. The van der Waals surface area contributed by atoms with Crippen LogP contribution >= 0.6 is 0 Å². The number of nitrogens with one attached hydrogen (secondary N) is 3. The lowest BCUT2D eigenvalue weighted by atomic mass is 10.0. The smallest absolute Gasteiger partial charge is 0.248 e. The highest BCUT2D eigenvalue weighted by Crippen LogP contribution is 2.29. The van der Waals surface area contributed by atoms with Crippen molar-refractivity contribution in [3.05, 3.63) is 48.6 Å². The molecule has 1 amide bonds. The van der Waals surface area contributed by atoms with Gasteiger partial charge in [-0.2, -0.15) is 5.10 Å². The number of carbonyl (C=O) groups is 1. The van der Waals surface area contributed by atoms with Gasteiger partial charge in [-0.3, -0.25) is 9.89 Å². The number of carbonyl (C=O) groups excluding carboxylic acids is 1. The maximum atomic E-state index is 12.0. The summed E-state index contributed by atoms with van der Waals surface area (Å²) >= 11 is 0. The van der Waals surface area contributed by atoms with Crippen LogP contribution in [0.2, 0.25) is 0 Å². The third-order valence-electron chi connectivity index (χ3n) is 5.30. The summed E-state index contributed by atoms with van der Waals surface area (Å²) in [5, 5.41) is 12.3. The first kappa shape index (κ1) is 18.3. The molecule has 0 atom stereocenters. The van der Waals surface area contributed by atoms with Crippen LogP contribution in [-0.2, 0) is 9.53 Å². The maximum Gasteiger partial charge on any atom is 0.248 e. The Kier molecular flexibility index (Phi) is 4.64. The molecule has 0 aliphatic carbocycles. The summed E-state index contributed by atoms with van der Waals surface area (Å²) in [5.41, 5.74) is 4.85. The number of aromatic amines is 2. The van der Waals surface area contributed by atoms with E-state index in [0.717, 1.165) is 45.6 Å². The summed E-state index contributed by atoms with van der Waals surface area (Å²) in [7, 11) is 1.54. The molecule has 0 unspecified atom stereocenters. The van der Waals surface area contributed by atoms with Crippen LogP contribution in [0.3, 0.4) is 0 Å². The second-order valence-corrected chi connectivity index (χ2v) is 7.22. The van der Waals surface area contributed by atoms with Crippen LogP contribution < -0.4 is 5.32 Å². The highest BCUT2D eigenvalue weighted by atomic mass is 16.5. The maximum absolute atomic E-state index is 12.0. The molecule has 1 aromatic carbocycles. The topological polar surface area (TPSA) is 112 Å². The van der Waals surface area contributed by atoms with Gasteiger partial charge in [0.05, 0.1) is 17.1 Å². The molecule has 30 heavy (non-hydrogen) atoms. The molecule has 9 heteroatoms. The Bertz CT molecular complexity index is 1260. The lowest BCUT2D eigenvalue weighted by molar-refractivity contribution is -0.134. The van der Waals surface area contributed by atoms with Gasteiger partial charge >= 0.3 is 0 Å². The van der Waals surface area contributed by atoms with E-state index in [-0.39, 0.29) is 12.5 Å². The predicted octanol–water partition coefficient (Wildman–Crippen LogP) is 2.84. The van der Waals surface area contributed by atoms with Crippen LogP contribution in [0.15, 0.2) is 42.9 Å². The summed E-state index contributed by atoms with van der Waals surface area (Å²) in [4.78, 5) is 26.0. The third-order valence-corrected chi connectivity index (χ3v) is 5.30. The number of nitrogens with zero attached hydrogens (tertiary/aromatic N) is 4. The molecule has 3 aromatic heterocycles. The highest BCUT2D eigenvalue weighted by molar-refractivity contribution is 5.93. The fourth-order valence-electron chi connectivity index (χ4n) is 3.72. The monoisotopic (exact) mass is 403 g/mol. The fourth-order valence-corrected chi connectivity index (χ4v) is 3.72. The van der Waals surface area contributed by atoms with Crippen LogP contribution in [0.25, 0.3) is 27.5 Å². The predicted molar refractivity (Wildman–Crippen MR) is 114 cm³/mol. The number of amides is 1. The van der Waals surface area contributed by atoms with Crippen molar-refractivity contribution in [3.63, 3.8) is 0 Å². The van der Waals surface area contributed by atoms with Crippen molar-refractivity contribution in [1.29, 1.82) is 0 Å². The Morgan fingerprint density at radius 3 is 3.07 bits per heavy atom. The van der Waals surface area contributed by atoms with Gasteiger partial charge in [0.2, 0.25) is 5.91 Å². The molecule has 1 aliphatic rings. The first-order valence-electron chi connectivity index (χ1n) is 9.71. The van der Waals surface area contributed by atoms with Crippen molar-refractivity contribution in [2.75, 3.05) is 32.1 Å². The Morgan fingerprint density at radius 2 is 2.23 bits per heavy atom. The molecule has 152 valence electrons. The van der Waals surface area contributed by atoms with E-state index in [1.165, 1.54) is 12.7 Å². The average molecular weight is 403 g/mol. The first-order chi connectivity index (χ1) is 14.7. The summed E-state index contributed by atoms with van der Waals surface area (Å²) in [6.07, 6.45) is 6.19. The van der Waals surface area contributed by atoms with Gasteiger partial charge in [-0.05, 0) is 36.3 Å². The Balaban J connectivity index is 1.40. The molecular weight excluding hydrogens is 382 g/mol. The van der Waals surface area contributed by atoms with Gasteiger partial charge in [0.15, 0.2) is 0 Å². The molecule has 0 saturated carbocycles. The first-order valence-corrected chi connectivity index (χ1v) is 9.71. The number of anilines is 2. The van der Waals surface area contributed by atoms with Crippen LogP contribution in [0, 0.1) is 0 Å². The van der Waals surface area contributed by atoms with Crippen molar-refractivity contribution < 1.29 is 9.53 Å². The van der Waals surface area contributed by atoms with E-state index in [1.807, 2.05) is 18.2 Å². The molecule has 9 nitrogen and oxygen atoms in total. The van der Waals surface area contributed by atoms with E-state index in [9.17, 15) is 4.79 Å². The number of hydrogen-bond donors (Lipinski definition) is 3. The molecular formula is C21H21N7O2. The molecule has 0 spiro atoms. The summed E-state index contributed by atoms with van der Waals surface area (Å²) in [6, 6.07) is 8.05. The Labute approximate surface area is 172 Å². The number of H-pyrrole nitrogens is 2. The minimum atomic E-state index is 0.0105. The summed E-state index contributed by atoms with van der Waals surface area (Å²) in [6.45, 7) is 1.37. The van der Waals surface area contributed by atoms with E-state index in [1.54, 1.807) is 17.4 Å². The van der Waals surface area contributed by atoms with Crippen LogP contribution in [0.4, 0.5) is 11.5 Å². The zero-order valence-electron chi connectivity index (χ0n) is 16.5. The van der Waals surface area contributed by atoms with Crippen molar-refractivity contribution >= 4 is 44.9 Å². The minimum Gasteiger partial charge on any atom is -0.375 e. The van der Waals surface area contributed by atoms with E-state index in [4.69, 9.17) is 4.74 Å². The van der Waals surface area contributed by atoms with Gasteiger partial charge < -0.3 is 19.9 Å². The molecule has 0 saturated heterocycles. The molecule has 0 radical (unpaired) electrons. The number of rotatable bonds is 5. The zero-order valence-corrected chi connectivity index (χ0v) is 16.5. The molecule has 0 bridgehead atoms. The van der Waals surface area contributed by atoms with Gasteiger partial charge in [-0.1, -0.05) is 6.08 Å². The average Bonchev–Trinajstić information content (AvgIpc) is 3.41. The quantitative estimate of drug-likeness (QED) is 0.472. The zero-order chi connectivity index (χ0) is 20.5. The molecule has 5 rings (SSSR count). The fraction of sp³-hybridized carbons (Fsp3) is 0.238. The molecule has 1 aliphatic heterocycles. The highest BCUT2D eigenvalue weighted by Gasteiger charge is 2.19. The van der Waals surface area contributed by atoms with E-state index in [0.29, 0.717) is 13.1 Å². The van der Waals surface area contributed by atoms with Crippen LogP contribution in [0.5, 0.6) is 0 Å². The standard InChI is InChI=1S/C21H21N7O2/c1-30-11-19(29)28-6-4-13(5-7-28)18-9-16-20(22-12-23-21(16)26-18)25-15-2-3-17-14(8-15)10-24-27-17/h2-4,8-10,12H,5-7,11H2,1H3,(H,24,27)(H2,22,23,25,26). The minimum absolute atomic E-state index is 0.0105. The van der Waals surface area contributed by atoms with E-state index < -0.39 is 0 Å². The largest absolute Gasteiger partial charge is 0.375 e.